The van der Waals surface area contributed by atoms with Crippen molar-refractivity contribution in [1.29, 1.82) is 0 Å². The summed E-state index contributed by atoms with van der Waals surface area (Å²) >= 11 is 1.08. The van der Waals surface area contributed by atoms with Gasteiger partial charge in [-0.25, -0.2) is 19.3 Å². The number of rotatable bonds is 7. The Balaban J connectivity index is 1.50. The van der Waals surface area contributed by atoms with E-state index in [0.29, 0.717) is 11.1 Å². The Hall–Kier alpha value is -3.27. The third-order valence-electron chi connectivity index (χ3n) is 3.52. The van der Waals surface area contributed by atoms with Gasteiger partial charge in [0.25, 0.3) is 0 Å². The van der Waals surface area contributed by atoms with Gasteiger partial charge in [-0.15, -0.1) is 5.10 Å². The Morgan fingerprint density at radius 1 is 1.18 bits per heavy atom. The fourth-order valence-corrected chi connectivity index (χ4v) is 2.74. The molecule has 0 spiro atoms. The van der Waals surface area contributed by atoms with Crippen molar-refractivity contribution in [2.24, 2.45) is 5.10 Å². The first-order valence-corrected chi connectivity index (χ1v) is 9.15. The van der Waals surface area contributed by atoms with Gasteiger partial charge in [0.2, 0.25) is 17.0 Å². The van der Waals surface area contributed by atoms with Gasteiger partial charge in [-0.1, -0.05) is 42.1 Å². The van der Waals surface area contributed by atoms with Crippen molar-refractivity contribution in [2.75, 3.05) is 16.5 Å². The maximum absolute atomic E-state index is 13.1. The van der Waals surface area contributed by atoms with Crippen LogP contribution in [0, 0.1) is 11.6 Å². The molecule has 0 aliphatic heterocycles. The van der Waals surface area contributed by atoms with E-state index in [9.17, 15) is 13.6 Å². The number of hydrogen-bond acceptors (Lipinski definition) is 6. The number of H-pyrrole nitrogens is 1. The molecule has 0 atom stereocenters. The molecule has 3 rings (SSSR count). The largest absolute Gasteiger partial charge is 0.325 e. The summed E-state index contributed by atoms with van der Waals surface area (Å²) in [5.74, 6) is -2.06. The first kappa shape index (κ1) is 19.5. The van der Waals surface area contributed by atoms with Crippen LogP contribution in [0.25, 0.3) is 0 Å². The number of hydrogen-bond donors (Lipinski definition) is 3. The van der Waals surface area contributed by atoms with Crippen LogP contribution >= 0.6 is 11.8 Å². The molecule has 1 amide bonds. The summed E-state index contributed by atoms with van der Waals surface area (Å²) in [4.78, 5) is 16.1. The Labute approximate surface area is 163 Å². The Morgan fingerprint density at radius 3 is 2.71 bits per heavy atom. The Kier molecular flexibility index (Phi) is 6.33. The van der Waals surface area contributed by atoms with E-state index in [0.717, 1.165) is 35.2 Å². The second kappa shape index (κ2) is 9.09. The smallest absolute Gasteiger partial charge is 0.240 e. The van der Waals surface area contributed by atoms with E-state index in [1.165, 1.54) is 6.07 Å². The lowest BCUT2D eigenvalue weighted by Gasteiger charge is -2.04. The van der Waals surface area contributed by atoms with E-state index in [1.807, 2.05) is 37.3 Å². The first-order chi connectivity index (χ1) is 13.5. The SMILES string of the molecule is C/C(=N\Nc1nc(SCC(=O)Nc2ccc(F)c(F)c2)n[nH]1)c1ccccc1. The highest BCUT2D eigenvalue weighted by Crippen LogP contribution is 2.16. The minimum Gasteiger partial charge on any atom is -0.325 e. The van der Waals surface area contributed by atoms with Crippen LogP contribution in [0.2, 0.25) is 0 Å². The zero-order chi connectivity index (χ0) is 19.9. The van der Waals surface area contributed by atoms with Crippen molar-refractivity contribution < 1.29 is 13.6 Å². The summed E-state index contributed by atoms with van der Waals surface area (Å²) in [5, 5.41) is 13.7. The fraction of sp³-hybridized carbons (Fsp3) is 0.111. The lowest BCUT2D eigenvalue weighted by molar-refractivity contribution is -0.113. The van der Waals surface area contributed by atoms with E-state index in [-0.39, 0.29) is 11.4 Å². The van der Waals surface area contributed by atoms with Crippen LogP contribution in [0.3, 0.4) is 0 Å². The van der Waals surface area contributed by atoms with E-state index in [4.69, 9.17) is 0 Å². The zero-order valence-electron chi connectivity index (χ0n) is 14.7. The summed E-state index contributed by atoms with van der Waals surface area (Å²) in [7, 11) is 0. The van der Waals surface area contributed by atoms with Crippen molar-refractivity contribution in [3.63, 3.8) is 0 Å². The molecule has 0 bridgehead atoms. The molecule has 0 unspecified atom stereocenters. The first-order valence-electron chi connectivity index (χ1n) is 8.17. The van der Waals surface area contributed by atoms with Crippen molar-refractivity contribution >= 4 is 35.0 Å². The van der Waals surface area contributed by atoms with Crippen molar-refractivity contribution in [3.05, 3.63) is 65.7 Å². The van der Waals surface area contributed by atoms with E-state index < -0.39 is 17.5 Å². The topological polar surface area (TPSA) is 95.1 Å². The van der Waals surface area contributed by atoms with Crippen molar-refractivity contribution in [2.45, 2.75) is 12.1 Å². The summed E-state index contributed by atoms with van der Waals surface area (Å²) in [6, 6.07) is 12.8. The number of nitrogens with one attached hydrogen (secondary N) is 3. The lowest BCUT2D eigenvalue weighted by atomic mass is 10.1. The quantitative estimate of drug-likeness (QED) is 0.319. The molecule has 0 fully saturated rings. The lowest BCUT2D eigenvalue weighted by Crippen LogP contribution is -2.14. The predicted molar refractivity (Wildman–Crippen MR) is 104 cm³/mol. The average molecular weight is 402 g/mol. The van der Waals surface area contributed by atoms with Gasteiger partial charge in [0.05, 0.1) is 11.5 Å². The van der Waals surface area contributed by atoms with Crippen LogP contribution in [0.1, 0.15) is 12.5 Å². The van der Waals surface area contributed by atoms with Crippen LogP contribution in [-0.4, -0.2) is 32.6 Å². The van der Waals surface area contributed by atoms with Gasteiger partial charge in [0.1, 0.15) is 0 Å². The fourth-order valence-electron chi connectivity index (χ4n) is 2.14. The van der Waals surface area contributed by atoms with E-state index in [2.05, 4.69) is 31.0 Å². The van der Waals surface area contributed by atoms with Gasteiger partial charge in [0.15, 0.2) is 11.6 Å². The molecular weight excluding hydrogens is 386 g/mol. The summed E-state index contributed by atoms with van der Waals surface area (Å²) < 4.78 is 26.0. The molecule has 2 aromatic carbocycles. The van der Waals surface area contributed by atoms with Gasteiger partial charge in [-0.05, 0) is 24.6 Å². The number of nitrogens with zero attached hydrogens (tertiary/aromatic N) is 3. The number of carbonyl (C=O) groups excluding carboxylic acids is 1. The molecule has 0 aliphatic carbocycles. The molecule has 0 radical (unpaired) electrons. The van der Waals surface area contributed by atoms with Crippen molar-refractivity contribution in [3.8, 4) is 0 Å². The standard InChI is InChI=1S/C18H16F2N6OS/c1-11(12-5-3-2-4-6-12)23-24-17-22-18(26-25-17)28-10-16(27)21-13-7-8-14(19)15(20)9-13/h2-9H,10H2,1H3,(H,21,27)(H2,22,24,25,26)/b23-11+. The molecular formula is C18H16F2N6OS. The van der Waals surface area contributed by atoms with Gasteiger partial charge in [-0.3, -0.25) is 4.79 Å². The van der Waals surface area contributed by atoms with Crippen LogP contribution in [-0.2, 0) is 4.79 Å². The van der Waals surface area contributed by atoms with Crippen molar-refractivity contribution in [1.82, 2.24) is 15.2 Å². The molecule has 3 aromatic rings. The highest BCUT2D eigenvalue weighted by Gasteiger charge is 2.09. The maximum atomic E-state index is 13.1. The number of aromatic nitrogens is 3. The molecule has 0 saturated heterocycles. The van der Waals surface area contributed by atoms with Crippen LogP contribution < -0.4 is 10.7 Å². The molecule has 1 heterocycles. The van der Waals surface area contributed by atoms with E-state index >= 15 is 0 Å². The zero-order valence-corrected chi connectivity index (χ0v) is 15.6. The third-order valence-corrected chi connectivity index (χ3v) is 4.37. The van der Waals surface area contributed by atoms with Gasteiger partial charge in [0, 0.05) is 11.8 Å². The Morgan fingerprint density at radius 2 is 1.96 bits per heavy atom. The number of benzene rings is 2. The normalized spacial score (nSPS) is 11.3. The number of hydrazone groups is 1. The number of carbonyl (C=O) groups is 1. The molecule has 7 nitrogen and oxygen atoms in total. The third kappa shape index (κ3) is 5.36. The van der Waals surface area contributed by atoms with Gasteiger partial charge < -0.3 is 5.32 Å². The minimum absolute atomic E-state index is 0.00258. The number of halogens is 2. The molecule has 144 valence electrons. The summed E-state index contributed by atoms with van der Waals surface area (Å²) in [6.07, 6.45) is 0. The molecule has 0 saturated carbocycles. The van der Waals surface area contributed by atoms with Crippen LogP contribution in [0.5, 0.6) is 0 Å². The summed E-state index contributed by atoms with van der Waals surface area (Å²) in [6.45, 7) is 1.86. The monoisotopic (exact) mass is 402 g/mol. The highest BCUT2D eigenvalue weighted by molar-refractivity contribution is 7.99. The molecule has 10 heteroatoms. The van der Waals surface area contributed by atoms with Crippen LogP contribution in [0.15, 0.2) is 58.8 Å². The number of thioether (sulfide) groups is 1. The number of anilines is 2. The highest BCUT2D eigenvalue weighted by atomic mass is 32.2. The molecule has 1 aromatic heterocycles. The molecule has 0 aliphatic rings. The average Bonchev–Trinajstić information content (AvgIpc) is 3.16. The summed E-state index contributed by atoms with van der Waals surface area (Å²) in [5.41, 5.74) is 4.69. The number of aromatic amines is 1. The van der Waals surface area contributed by atoms with Gasteiger partial charge in [-0.2, -0.15) is 10.1 Å². The minimum atomic E-state index is -1.03. The second-order valence-electron chi connectivity index (χ2n) is 5.61. The molecule has 3 N–H and O–H groups in total. The molecule has 28 heavy (non-hydrogen) atoms. The number of amides is 1. The maximum Gasteiger partial charge on any atom is 0.240 e. The van der Waals surface area contributed by atoms with E-state index in [1.54, 1.807) is 0 Å². The van der Waals surface area contributed by atoms with Gasteiger partial charge >= 0.3 is 0 Å². The second-order valence-corrected chi connectivity index (χ2v) is 6.55. The van der Waals surface area contributed by atoms with Crippen LogP contribution in [0.4, 0.5) is 20.4 Å². The predicted octanol–water partition coefficient (Wildman–Crippen LogP) is 3.65. The Bertz CT molecular complexity index is 993.